The molecule has 2 unspecified atom stereocenters. The molecule has 0 radical (unpaired) electrons. The van der Waals surface area contributed by atoms with E-state index in [1.807, 2.05) is 12.1 Å². The first-order valence-corrected chi connectivity index (χ1v) is 8.54. The minimum absolute atomic E-state index is 0.0522. The van der Waals surface area contributed by atoms with E-state index in [9.17, 15) is 4.79 Å². The normalized spacial score (nSPS) is 22.4. The average molecular weight is 323 g/mol. The lowest BCUT2D eigenvalue weighted by molar-refractivity contribution is 0.0915. The zero-order valence-electron chi connectivity index (χ0n) is 12.0. The van der Waals surface area contributed by atoms with Gasteiger partial charge >= 0.3 is 0 Å². The number of hydrogen-bond acceptors (Lipinski definition) is 3. The van der Waals surface area contributed by atoms with Gasteiger partial charge < -0.3 is 11.1 Å². The van der Waals surface area contributed by atoms with Gasteiger partial charge in [0, 0.05) is 21.2 Å². The maximum absolute atomic E-state index is 12.5. The van der Waals surface area contributed by atoms with Crippen molar-refractivity contribution in [2.75, 3.05) is 5.73 Å². The number of nitrogens with one attached hydrogen (secondary N) is 1. The zero-order chi connectivity index (χ0) is 15.0. The Morgan fingerprint density at radius 1 is 1.38 bits per heavy atom. The number of amides is 1. The average Bonchev–Trinajstić information content (AvgIpc) is 2.78. The number of nitrogens with two attached hydrogens (primary N) is 1. The van der Waals surface area contributed by atoms with Gasteiger partial charge in [-0.3, -0.25) is 4.79 Å². The van der Waals surface area contributed by atoms with Crippen LogP contribution in [0, 0.1) is 5.92 Å². The van der Waals surface area contributed by atoms with E-state index in [2.05, 4.69) is 12.2 Å². The molecule has 2 aromatic rings. The van der Waals surface area contributed by atoms with Crippen molar-refractivity contribution < 1.29 is 4.79 Å². The van der Waals surface area contributed by atoms with E-state index in [0.29, 0.717) is 21.5 Å². The minimum atomic E-state index is -0.0522. The van der Waals surface area contributed by atoms with E-state index in [1.165, 1.54) is 30.6 Å². The summed E-state index contributed by atoms with van der Waals surface area (Å²) in [4.78, 5) is 13.1. The van der Waals surface area contributed by atoms with Crippen molar-refractivity contribution in [1.29, 1.82) is 0 Å². The van der Waals surface area contributed by atoms with E-state index < -0.39 is 0 Å². The van der Waals surface area contributed by atoms with Crippen molar-refractivity contribution in [1.82, 2.24) is 5.32 Å². The van der Waals surface area contributed by atoms with Crippen LogP contribution < -0.4 is 11.1 Å². The van der Waals surface area contributed by atoms with E-state index in [1.54, 1.807) is 6.07 Å². The van der Waals surface area contributed by atoms with Crippen molar-refractivity contribution in [3.8, 4) is 0 Å². The lowest BCUT2D eigenvalue weighted by Gasteiger charge is -2.29. The van der Waals surface area contributed by atoms with Gasteiger partial charge in [-0.2, -0.15) is 0 Å². The number of halogens is 1. The summed E-state index contributed by atoms with van der Waals surface area (Å²) in [7, 11) is 0. The molecule has 0 bridgehead atoms. The van der Waals surface area contributed by atoms with Crippen LogP contribution in [-0.2, 0) is 0 Å². The van der Waals surface area contributed by atoms with Crippen LogP contribution in [0.1, 0.15) is 42.3 Å². The van der Waals surface area contributed by atoms with Gasteiger partial charge in [0.25, 0.3) is 5.91 Å². The molecular weight excluding hydrogens is 304 g/mol. The number of anilines is 1. The lowest BCUT2D eigenvalue weighted by atomic mass is 9.86. The molecule has 21 heavy (non-hydrogen) atoms. The predicted molar refractivity (Wildman–Crippen MR) is 90.1 cm³/mol. The molecule has 3 nitrogen and oxygen atoms in total. The van der Waals surface area contributed by atoms with Crippen LogP contribution in [0.15, 0.2) is 18.2 Å². The Kier molecular flexibility index (Phi) is 4.09. The van der Waals surface area contributed by atoms with Gasteiger partial charge in [-0.15, -0.1) is 11.3 Å². The first-order chi connectivity index (χ1) is 10.1. The molecule has 1 aliphatic carbocycles. The van der Waals surface area contributed by atoms with Crippen LogP contribution in [0.25, 0.3) is 10.1 Å². The second kappa shape index (κ2) is 5.85. The number of carbonyl (C=O) groups excluding carboxylic acids is 1. The maximum atomic E-state index is 12.5. The van der Waals surface area contributed by atoms with Crippen molar-refractivity contribution in [3.63, 3.8) is 0 Å². The number of hydrogen-bond donors (Lipinski definition) is 2. The topological polar surface area (TPSA) is 55.1 Å². The molecule has 5 heteroatoms. The summed E-state index contributed by atoms with van der Waals surface area (Å²) in [5, 5.41) is 4.73. The molecule has 0 aliphatic heterocycles. The van der Waals surface area contributed by atoms with Gasteiger partial charge in [0.2, 0.25) is 0 Å². The lowest BCUT2D eigenvalue weighted by Crippen LogP contribution is -2.40. The second-order valence-electron chi connectivity index (χ2n) is 5.83. The van der Waals surface area contributed by atoms with Crippen molar-refractivity contribution in [3.05, 3.63) is 28.1 Å². The molecule has 0 spiro atoms. The monoisotopic (exact) mass is 322 g/mol. The van der Waals surface area contributed by atoms with Crippen LogP contribution in [0.4, 0.5) is 5.69 Å². The Morgan fingerprint density at radius 3 is 2.90 bits per heavy atom. The number of benzene rings is 1. The van der Waals surface area contributed by atoms with Crippen LogP contribution in [0.2, 0.25) is 5.02 Å². The molecule has 3 N–H and O–H groups in total. The van der Waals surface area contributed by atoms with Crippen LogP contribution in [0.3, 0.4) is 0 Å². The first-order valence-electron chi connectivity index (χ1n) is 7.34. The SMILES string of the molecule is CC1CCCCC1NC(=O)c1sc2cc(Cl)ccc2c1N. The van der Waals surface area contributed by atoms with Crippen LogP contribution in [0.5, 0.6) is 0 Å². The fraction of sp³-hybridized carbons (Fsp3) is 0.438. The predicted octanol–water partition coefficient (Wildman–Crippen LogP) is 4.45. The van der Waals surface area contributed by atoms with Crippen molar-refractivity contribution >= 4 is 44.6 Å². The van der Waals surface area contributed by atoms with Crippen LogP contribution >= 0.6 is 22.9 Å². The number of carbonyl (C=O) groups is 1. The summed E-state index contributed by atoms with van der Waals surface area (Å²) in [5.41, 5.74) is 6.70. The van der Waals surface area contributed by atoms with E-state index >= 15 is 0 Å². The Labute approximate surface area is 133 Å². The molecule has 112 valence electrons. The quantitative estimate of drug-likeness (QED) is 0.858. The summed E-state index contributed by atoms with van der Waals surface area (Å²) in [6.07, 6.45) is 4.69. The standard InChI is InChI=1S/C16H19ClN2OS/c1-9-4-2-3-5-12(9)19-16(20)15-14(18)11-7-6-10(17)8-13(11)21-15/h6-9,12H,2-5,18H2,1H3,(H,19,20). The molecule has 1 aliphatic rings. The third-order valence-corrected chi connectivity index (χ3v) is 5.73. The highest BCUT2D eigenvalue weighted by Crippen LogP contribution is 2.35. The fourth-order valence-corrected chi connectivity index (χ4v) is 4.33. The number of thiophene rings is 1. The van der Waals surface area contributed by atoms with Crippen molar-refractivity contribution in [2.45, 2.75) is 38.6 Å². The van der Waals surface area contributed by atoms with Gasteiger partial charge in [0.1, 0.15) is 4.88 Å². The maximum Gasteiger partial charge on any atom is 0.263 e. The van der Waals surface area contributed by atoms with Gasteiger partial charge in [0.15, 0.2) is 0 Å². The Morgan fingerprint density at radius 2 is 2.14 bits per heavy atom. The van der Waals surface area contributed by atoms with Gasteiger partial charge in [-0.1, -0.05) is 31.4 Å². The highest BCUT2D eigenvalue weighted by Gasteiger charge is 2.25. The largest absolute Gasteiger partial charge is 0.397 e. The third kappa shape index (κ3) is 2.87. The third-order valence-electron chi connectivity index (χ3n) is 4.32. The van der Waals surface area contributed by atoms with Crippen LogP contribution in [-0.4, -0.2) is 11.9 Å². The molecule has 1 heterocycles. The number of rotatable bonds is 2. The number of nitrogen functional groups attached to an aromatic ring is 1. The Balaban J connectivity index is 1.85. The molecule has 2 atom stereocenters. The molecule has 1 saturated carbocycles. The molecular formula is C16H19ClN2OS. The molecule has 1 fully saturated rings. The zero-order valence-corrected chi connectivity index (χ0v) is 13.6. The summed E-state index contributed by atoms with van der Waals surface area (Å²) in [6, 6.07) is 5.80. The summed E-state index contributed by atoms with van der Waals surface area (Å²) >= 11 is 7.41. The van der Waals surface area contributed by atoms with Gasteiger partial charge in [0.05, 0.1) is 5.69 Å². The Bertz CT molecular complexity index is 682. The van der Waals surface area contributed by atoms with E-state index in [4.69, 9.17) is 17.3 Å². The Hall–Kier alpha value is -1.26. The van der Waals surface area contributed by atoms with Gasteiger partial charge in [-0.25, -0.2) is 0 Å². The van der Waals surface area contributed by atoms with E-state index in [0.717, 1.165) is 16.5 Å². The summed E-state index contributed by atoms with van der Waals surface area (Å²) < 4.78 is 0.960. The molecule has 0 saturated heterocycles. The molecule has 1 amide bonds. The smallest absolute Gasteiger partial charge is 0.263 e. The van der Waals surface area contributed by atoms with E-state index in [-0.39, 0.29) is 11.9 Å². The highest BCUT2D eigenvalue weighted by atomic mass is 35.5. The molecule has 1 aromatic carbocycles. The first kappa shape index (κ1) is 14.7. The summed E-state index contributed by atoms with van der Waals surface area (Å²) in [5.74, 6) is 0.483. The summed E-state index contributed by atoms with van der Waals surface area (Å²) in [6.45, 7) is 2.21. The van der Waals surface area contributed by atoms with Crippen molar-refractivity contribution in [2.24, 2.45) is 5.92 Å². The highest BCUT2D eigenvalue weighted by molar-refractivity contribution is 7.21. The van der Waals surface area contributed by atoms with Gasteiger partial charge in [-0.05, 0) is 37.0 Å². The molecule has 3 rings (SSSR count). The fourth-order valence-electron chi connectivity index (χ4n) is 3.02. The minimum Gasteiger partial charge on any atom is -0.397 e. The molecule has 1 aromatic heterocycles. The number of fused-ring (bicyclic) bond motifs is 1. The second-order valence-corrected chi connectivity index (χ2v) is 7.32.